The number of hydrogen-bond donors (Lipinski definition) is 1. The van der Waals surface area contributed by atoms with Gasteiger partial charge in [-0.2, -0.15) is 0 Å². The zero-order chi connectivity index (χ0) is 19.1. The number of aryl methyl sites for hydroxylation is 1. The Bertz CT molecular complexity index is 1070. The fourth-order valence-electron chi connectivity index (χ4n) is 4.78. The third-order valence-corrected chi connectivity index (χ3v) is 6.23. The van der Waals surface area contributed by atoms with Crippen LogP contribution in [0.3, 0.4) is 0 Å². The van der Waals surface area contributed by atoms with E-state index >= 15 is 0 Å². The number of rotatable bonds is 3. The van der Waals surface area contributed by atoms with Crippen LogP contribution in [-0.2, 0) is 12.8 Å². The van der Waals surface area contributed by atoms with Crippen LogP contribution in [0.25, 0.3) is 16.9 Å². The average molecular weight is 417 g/mol. The summed E-state index contributed by atoms with van der Waals surface area (Å²) in [5.74, 6) is 0.257. The van der Waals surface area contributed by atoms with Gasteiger partial charge in [0.15, 0.2) is 0 Å². The van der Waals surface area contributed by atoms with Crippen molar-refractivity contribution in [2.75, 3.05) is 19.6 Å². The third kappa shape index (κ3) is 3.83. The number of aromatic amines is 1. The molecule has 1 aliphatic carbocycles. The molecular weight excluding hydrogens is 391 g/mol. The van der Waals surface area contributed by atoms with E-state index in [1.54, 1.807) is 28.8 Å². The van der Waals surface area contributed by atoms with Gasteiger partial charge >= 0.3 is 5.69 Å². The summed E-state index contributed by atoms with van der Waals surface area (Å²) in [6.45, 7) is 3.52. The molecule has 154 valence electrons. The van der Waals surface area contributed by atoms with Crippen molar-refractivity contribution in [3.63, 3.8) is 0 Å². The predicted molar refractivity (Wildman–Crippen MR) is 114 cm³/mol. The number of H-pyrrole nitrogens is 1. The molecule has 0 amide bonds. The van der Waals surface area contributed by atoms with Crippen LogP contribution < -0.4 is 5.69 Å². The maximum atomic E-state index is 14.2. The van der Waals surface area contributed by atoms with E-state index in [1.807, 2.05) is 0 Å². The number of aromatic nitrogens is 3. The van der Waals surface area contributed by atoms with Crippen LogP contribution in [0, 0.1) is 11.7 Å². The number of nitrogens with one attached hydrogen (secondary N) is 1. The Balaban J connectivity index is 0.00000205. The monoisotopic (exact) mass is 416 g/mol. The van der Waals surface area contributed by atoms with E-state index in [-0.39, 0.29) is 23.9 Å². The molecule has 1 atom stereocenters. The second kappa shape index (κ2) is 8.28. The molecule has 0 spiro atoms. The molecule has 1 aromatic carbocycles. The molecule has 1 fully saturated rings. The van der Waals surface area contributed by atoms with Gasteiger partial charge in [0.2, 0.25) is 0 Å². The highest BCUT2D eigenvalue weighted by atomic mass is 35.5. The van der Waals surface area contributed by atoms with Crippen molar-refractivity contribution in [2.45, 2.75) is 38.5 Å². The number of likely N-dealkylation sites (tertiary alicyclic amines) is 1. The van der Waals surface area contributed by atoms with Gasteiger partial charge in [-0.1, -0.05) is 18.6 Å². The van der Waals surface area contributed by atoms with Crippen LogP contribution in [-0.4, -0.2) is 38.9 Å². The van der Waals surface area contributed by atoms with Gasteiger partial charge in [-0.15, -0.1) is 12.4 Å². The molecule has 1 N–H and O–H groups in total. The molecule has 0 radical (unpaired) electrons. The third-order valence-electron chi connectivity index (χ3n) is 6.23. The summed E-state index contributed by atoms with van der Waals surface area (Å²) in [6, 6.07) is 6.58. The topological polar surface area (TPSA) is 53.4 Å². The summed E-state index contributed by atoms with van der Waals surface area (Å²) in [4.78, 5) is 22.8. The van der Waals surface area contributed by atoms with Gasteiger partial charge in [-0.05, 0) is 63.2 Å². The van der Waals surface area contributed by atoms with Crippen molar-refractivity contribution in [3.05, 3.63) is 58.0 Å². The molecule has 3 heterocycles. The minimum absolute atomic E-state index is 0. The van der Waals surface area contributed by atoms with E-state index in [9.17, 15) is 9.18 Å². The molecule has 5 nitrogen and oxygen atoms in total. The molecule has 3 aromatic rings. The Morgan fingerprint density at radius 2 is 1.97 bits per heavy atom. The number of halogens is 2. The van der Waals surface area contributed by atoms with Crippen LogP contribution in [0.15, 0.2) is 35.3 Å². The van der Waals surface area contributed by atoms with Crippen LogP contribution in [0.4, 0.5) is 4.39 Å². The Labute approximate surface area is 175 Å². The van der Waals surface area contributed by atoms with E-state index in [1.165, 1.54) is 38.4 Å². The van der Waals surface area contributed by atoms with Crippen LogP contribution in [0.5, 0.6) is 0 Å². The molecule has 2 aromatic heterocycles. The number of nitrogens with zero attached hydrogens (tertiary/aromatic N) is 3. The lowest BCUT2D eigenvalue weighted by molar-refractivity contribution is 0.187. The highest BCUT2D eigenvalue weighted by Crippen LogP contribution is 2.29. The molecule has 0 saturated carbocycles. The second-order valence-electron chi connectivity index (χ2n) is 8.16. The lowest BCUT2D eigenvalue weighted by atomic mass is 9.86. The zero-order valence-electron chi connectivity index (χ0n) is 16.4. The smallest absolute Gasteiger partial charge is 0.311 e. The van der Waals surface area contributed by atoms with Crippen LogP contribution >= 0.6 is 12.4 Å². The summed E-state index contributed by atoms with van der Waals surface area (Å²) in [7, 11) is 0. The highest BCUT2D eigenvalue weighted by Gasteiger charge is 2.26. The first-order valence-electron chi connectivity index (χ1n) is 10.3. The van der Waals surface area contributed by atoms with Crippen molar-refractivity contribution >= 4 is 18.1 Å². The van der Waals surface area contributed by atoms with Gasteiger partial charge in [0, 0.05) is 29.6 Å². The molecule has 0 bridgehead atoms. The molecular formula is C22H26ClFN4O. The Hall–Kier alpha value is -2.18. The summed E-state index contributed by atoms with van der Waals surface area (Å²) in [5.41, 5.74) is 3.54. The minimum atomic E-state index is -0.320. The first-order chi connectivity index (χ1) is 13.7. The van der Waals surface area contributed by atoms with Crippen LogP contribution in [0.1, 0.15) is 36.9 Å². The SMILES string of the molecule is Cl.O=c1[nH]c2c(c3nc(-c4ccccc4F)cn13)CC(CN1CCCCC1)CC2. The maximum absolute atomic E-state index is 14.2. The fourth-order valence-corrected chi connectivity index (χ4v) is 4.78. The average Bonchev–Trinajstić information content (AvgIpc) is 3.16. The maximum Gasteiger partial charge on any atom is 0.331 e. The van der Waals surface area contributed by atoms with Gasteiger partial charge in [-0.3, -0.25) is 4.40 Å². The Morgan fingerprint density at radius 3 is 2.76 bits per heavy atom. The summed E-state index contributed by atoms with van der Waals surface area (Å²) >= 11 is 0. The lowest BCUT2D eigenvalue weighted by Gasteiger charge is -2.32. The Morgan fingerprint density at radius 1 is 1.17 bits per heavy atom. The number of hydrogen-bond acceptors (Lipinski definition) is 3. The quantitative estimate of drug-likeness (QED) is 0.705. The summed E-state index contributed by atoms with van der Waals surface area (Å²) in [5, 5.41) is 0. The highest BCUT2D eigenvalue weighted by molar-refractivity contribution is 5.85. The molecule has 1 saturated heterocycles. The first-order valence-corrected chi connectivity index (χ1v) is 10.3. The second-order valence-corrected chi connectivity index (χ2v) is 8.16. The lowest BCUT2D eigenvalue weighted by Crippen LogP contribution is -2.36. The van der Waals surface area contributed by atoms with Crippen molar-refractivity contribution in [2.24, 2.45) is 5.92 Å². The minimum Gasteiger partial charge on any atom is -0.311 e. The van der Waals surface area contributed by atoms with E-state index in [0.29, 0.717) is 22.8 Å². The van der Waals surface area contributed by atoms with E-state index in [2.05, 4.69) is 14.9 Å². The van der Waals surface area contributed by atoms with Gasteiger partial charge in [-0.25, -0.2) is 14.2 Å². The fraction of sp³-hybridized carbons (Fsp3) is 0.455. The first kappa shape index (κ1) is 20.1. The number of fused-ring (bicyclic) bond motifs is 3. The normalized spacial score (nSPS) is 19.7. The van der Waals surface area contributed by atoms with E-state index in [4.69, 9.17) is 0 Å². The van der Waals surface area contributed by atoms with E-state index in [0.717, 1.165) is 37.1 Å². The largest absolute Gasteiger partial charge is 0.331 e. The summed E-state index contributed by atoms with van der Waals surface area (Å²) < 4.78 is 15.8. The number of imidazole rings is 1. The van der Waals surface area contributed by atoms with Crippen molar-refractivity contribution < 1.29 is 4.39 Å². The predicted octanol–water partition coefficient (Wildman–Crippen LogP) is 3.84. The van der Waals surface area contributed by atoms with Gasteiger partial charge in [0.25, 0.3) is 0 Å². The van der Waals surface area contributed by atoms with Gasteiger partial charge in [0.1, 0.15) is 11.5 Å². The van der Waals surface area contributed by atoms with Crippen molar-refractivity contribution in [3.8, 4) is 11.3 Å². The zero-order valence-corrected chi connectivity index (χ0v) is 17.2. The van der Waals surface area contributed by atoms with Crippen molar-refractivity contribution in [1.29, 1.82) is 0 Å². The molecule has 29 heavy (non-hydrogen) atoms. The van der Waals surface area contributed by atoms with Crippen LogP contribution in [0.2, 0.25) is 0 Å². The van der Waals surface area contributed by atoms with Gasteiger partial charge in [0.05, 0.1) is 5.69 Å². The molecule has 2 aliphatic rings. The molecule has 7 heteroatoms. The number of benzene rings is 1. The van der Waals surface area contributed by atoms with Crippen molar-refractivity contribution in [1.82, 2.24) is 19.3 Å². The summed E-state index contributed by atoms with van der Waals surface area (Å²) in [6.07, 6.45) is 8.48. The van der Waals surface area contributed by atoms with E-state index < -0.39 is 0 Å². The molecule has 1 unspecified atom stereocenters. The molecule has 5 rings (SSSR count). The van der Waals surface area contributed by atoms with Gasteiger partial charge < -0.3 is 9.88 Å². The number of piperidine rings is 1. The molecule has 1 aliphatic heterocycles. The Kier molecular flexibility index (Phi) is 5.74. The standard InChI is InChI=1S/C22H25FN4O.ClH/c23-18-7-3-2-6-16(18)20-14-27-21(24-20)17-12-15(8-9-19(17)25-22(27)28)13-26-10-4-1-5-11-26;/h2-3,6-7,14-15H,1,4-5,8-13H2,(H,25,28);1H.